The minimum atomic E-state index is -0.421. The molecular weight excluding hydrogens is 340 g/mol. The highest BCUT2D eigenvalue weighted by molar-refractivity contribution is 5.87. The first-order chi connectivity index (χ1) is 12.9. The second-order valence-corrected chi connectivity index (χ2v) is 7.71. The molecule has 150 valence electrons. The normalized spacial score (nSPS) is 20.0. The standard InChI is InChI=1S/C21H34N4O2/c1-5-16(2)20(23-17(3)26)21(27)25-13-8-10-19(11-14-25)24(4)15-18-9-6-7-12-22-18/h6-7,9,12,16,19-20H,5,8,10-11,13-15H2,1-4H3,(H,23,26)/t16-,19?,20-/m0/s1. The molecule has 27 heavy (non-hydrogen) atoms. The predicted molar refractivity (Wildman–Crippen MR) is 107 cm³/mol. The Balaban J connectivity index is 1.96. The molecule has 0 aromatic carbocycles. The molecule has 0 aliphatic carbocycles. The summed E-state index contributed by atoms with van der Waals surface area (Å²) in [6.07, 6.45) is 5.69. The lowest BCUT2D eigenvalue weighted by atomic mass is 9.97. The summed E-state index contributed by atoms with van der Waals surface area (Å²) < 4.78 is 0. The summed E-state index contributed by atoms with van der Waals surface area (Å²) in [7, 11) is 2.14. The number of aromatic nitrogens is 1. The van der Waals surface area contributed by atoms with Crippen LogP contribution in [0.3, 0.4) is 0 Å². The van der Waals surface area contributed by atoms with Crippen LogP contribution in [0.4, 0.5) is 0 Å². The summed E-state index contributed by atoms with van der Waals surface area (Å²) in [5.74, 6) is 0.0521. The SMILES string of the molecule is CC[C@H](C)[C@H](NC(C)=O)C(=O)N1CCCC(N(C)Cc2ccccn2)CC1. The molecule has 1 fully saturated rings. The highest BCUT2D eigenvalue weighted by atomic mass is 16.2. The van der Waals surface area contributed by atoms with Gasteiger partial charge in [0.25, 0.3) is 0 Å². The van der Waals surface area contributed by atoms with E-state index in [0.717, 1.165) is 51.0 Å². The largest absolute Gasteiger partial charge is 0.344 e. The summed E-state index contributed by atoms with van der Waals surface area (Å²) in [5, 5.41) is 2.87. The number of rotatable bonds is 7. The number of carbonyl (C=O) groups excluding carboxylic acids is 2. The molecule has 2 rings (SSSR count). The van der Waals surface area contributed by atoms with Gasteiger partial charge in [0.15, 0.2) is 0 Å². The van der Waals surface area contributed by atoms with E-state index in [1.54, 1.807) is 0 Å². The number of amides is 2. The Labute approximate surface area is 163 Å². The van der Waals surface area contributed by atoms with Gasteiger partial charge in [0.05, 0.1) is 5.69 Å². The fraction of sp³-hybridized carbons (Fsp3) is 0.667. The molecule has 1 saturated heterocycles. The third-order valence-corrected chi connectivity index (χ3v) is 5.61. The van der Waals surface area contributed by atoms with Gasteiger partial charge in [-0.15, -0.1) is 0 Å². The molecule has 1 aliphatic rings. The number of nitrogens with one attached hydrogen (secondary N) is 1. The third-order valence-electron chi connectivity index (χ3n) is 5.61. The zero-order chi connectivity index (χ0) is 19.8. The Morgan fingerprint density at radius 2 is 2.11 bits per heavy atom. The average Bonchev–Trinajstić information content (AvgIpc) is 2.92. The maximum Gasteiger partial charge on any atom is 0.245 e. The predicted octanol–water partition coefficient (Wildman–Crippen LogP) is 2.45. The maximum atomic E-state index is 13.0. The van der Waals surface area contributed by atoms with Gasteiger partial charge in [0.1, 0.15) is 6.04 Å². The van der Waals surface area contributed by atoms with E-state index in [4.69, 9.17) is 0 Å². The van der Waals surface area contributed by atoms with E-state index in [-0.39, 0.29) is 17.7 Å². The molecule has 0 bridgehead atoms. The van der Waals surface area contributed by atoms with Crippen LogP contribution in [0.25, 0.3) is 0 Å². The van der Waals surface area contributed by atoms with E-state index in [9.17, 15) is 9.59 Å². The zero-order valence-electron chi connectivity index (χ0n) is 17.1. The molecule has 1 aliphatic heterocycles. The number of carbonyl (C=O) groups is 2. The molecule has 2 amide bonds. The van der Waals surface area contributed by atoms with Crippen molar-refractivity contribution >= 4 is 11.8 Å². The molecule has 1 unspecified atom stereocenters. The van der Waals surface area contributed by atoms with Crippen molar-refractivity contribution in [2.45, 2.75) is 65.1 Å². The van der Waals surface area contributed by atoms with Crippen LogP contribution in [0, 0.1) is 5.92 Å². The fourth-order valence-corrected chi connectivity index (χ4v) is 3.71. The summed E-state index contributed by atoms with van der Waals surface area (Å²) >= 11 is 0. The van der Waals surface area contributed by atoms with Crippen molar-refractivity contribution in [2.24, 2.45) is 5.92 Å². The minimum Gasteiger partial charge on any atom is -0.344 e. The Hall–Kier alpha value is -1.95. The van der Waals surface area contributed by atoms with Gasteiger partial charge in [0, 0.05) is 38.8 Å². The maximum absolute atomic E-state index is 13.0. The quantitative estimate of drug-likeness (QED) is 0.796. The van der Waals surface area contributed by atoms with Crippen LogP contribution < -0.4 is 5.32 Å². The first-order valence-electron chi connectivity index (χ1n) is 10.1. The summed E-state index contributed by atoms with van der Waals surface area (Å²) in [4.78, 5) is 33.3. The van der Waals surface area contributed by atoms with E-state index in [2.05, 4.69) is 29.2 Å². The van der Waals surface area contributed by atoms with Crippen LogP contribution in [-0.2, 0) is 16.1 Å². The van der Waals surface area contributed by atoms with Gasteiger partial charge in [0.2, 0.25) is 11.8 Å². The van der Waals surface area contributed by atoms with Crippen molar-refractivity contribution < 1.29 is 9.59 Å². The first-order valence-corrected chi connectivity index (χ1v) is 10.1. The van der Waals surface area contributed by atoms with Crippen LogP contribution >= 0.6 is 0 Å². The molecule has 0 saturated carbocycles. The van der Waals surface area contributed by atoms with E-state index in [1.165, 1.54) is 6.92 Å². The number of likely N-dealkylation sites (tertiary alicyclic amines) is 1. The van der Waals surface area contributed by atoms with Gasteiger partial charge < -0.3 is 10.2 Å². The Kier molecular flexibility index (Phi) is 8.23. The zero-order valence-corrected chi connectivity index (χ0v) is 17.1. The highest BCUT2D eigenvalue weighted by Gasteiger charge is 2.31. The van der Waals surface area contributed by atoms with E-state index < -0.39 is 6.04 Å². The van der Waals surface area contributed by atoms with Gasteiger partial charge in [-0.1, -0.05) is 26.3 Å². The first kappa shape index (κ1) is 21.4. The Morgan fingerprint density at radius 1 is 1.33 bits per heavy atom. The number of pyridine rings is 1. The summed E-state index contributed by atoms with van der Waals surface area (Å²) in [5.41, 5.74) is 1.07. The number of nitrogens with zero attached hydrogens (tertiary/aromatic N) is 3. The van der Waals surface area contributed by atoms with Crippen LogP contribution in [0.1, 0.15) is 52.1 Å². The lowest BCUT2D eigenvalue weighted by molar-refractivity contribution is -0.137. The summed E-state index contributed by atoms with van der Waals surface area (Å²) in [6.45, 7) is 7.88. The van der Waals surface area contributed by atoms with Gasteiger partial charge in [-0.05, 0) is 44.4 Å². The van der Waals surface area contributed by atoms with E-state index >= 15 is 0 Å². The van der Waals surface area contributed by atoms with Crippen LogP contribution in [0.15, 0.2) is 24.4 Å². The molecule has 1 aromatic rings. The van der Waals surface area contributed by atoms with Crippen LogP contribution in [0.5, 0.6) is 0 Å². The van der Waals surface area contributed by atoms with E-state index in [0.29, 0.717) is 6.04 Å². The molecule has 1 N–H and O–H groups in total. The van der Waals surface area contributed by atoms with Crippen molar-refractivity contribution in [3.63, 3.8) is 0 Å². The molecule has 0 radical (unpaired) electrons. The highest BCUT2D eigenvalue weighted by Crippen LogP contribution is 2.19. The molecule has 1 aromatic heterocycles. The van der Waals surface area contributed by atoms with Gasteiger partial charge in [-0.25, -0.2) is 0 Å². The lowest BCUT2D eigenvalue weighted by Crippen LogP contribution is -2.51. The van der Waals surface area contributed by atoms with Gasteiger partial charge in [-0.3, -0.25) is 19.5 Å². The third kappa shape index (κ3) is 6.31. The van der Waals surface area contributed by atoms with Crippen molar-refractivity contribution in [3.05, 3.63) is 30.1 Å². The molecule has 6 nitrogen and oxygen atoms in total. The second kappa shape index (κ2) is 10.4. The van der Waals surface area contributed by atoms with Crippen LogP contribution in [0.2, 0.25) is 0 Å². The molecule has 6 heteroatoms. The van der Waals surface area contributed by atoms with Gasteiger partial charge in [-0.2, -0.15) is 0 Å². The topological polar surface area (TPSA) is 65.5 Å². The Bertz CT molecular complexity index is 607. The molecule has 0 spiro atoms. The fourth-order valence-electron chi connectivity index (χ4n) is 3.71. The average molecular weight is 375 g/mol. The molecule has 3 atom stereocenters. The number of hydrogen-bond acceptors (Lipinski definition) is 4. The van der Waals surface area contributed by atoms with E-state index in [1.807, 2.05) is 36.2 Å². The summed E-state index contributed by atoms with van der Waals surface area (Å²) in [6, 6.07) is 6.01. The lowest BCUT2D eigenvalue weighted by Gasteiger charge is -2.30. The number of hydrogen-bond donors (Lipinski definition) is 1. The minimum absolute atomic E-state index is 0.0626. The van der Waals surface area contributed by atoms with Crippen molar-refractivity contribution in [2.75, 3.05) is 20.1 Å². The van der Waals surface area contributed by atoms with Crippen LogP contribution in [-0.4, -0.2) is 58.8 Å². The monoisotopic (exact) mass is 374 g/mol. The van der Waals surface area contributed by atoms with Gasteiger partial charge >= 0.3 is 0 Å². The second-order valence-electron chi connectivity index (χ2n) is 7.71. The van der Waals surface area contributed by atoms with Crippen molar-refractivity contribution in [3.8, 4) is 0 Å². The van der Waals surface area contributed by atoms with Crippen molar-refractivity contribution in [1.82, 2.24) is 20.1 Å². The van der Waals surface area contributed by atoms with Crippen molar-refractivity contribution in [1.29, 1.82) is 0 Å². The smallest absolute Gasteiger partial charge is 0.245 e. The Morgan fingerprint density at radius 3 is 2.74 bits per heavy atom. The molecule has 2 heterocycles. The molecular formula is C21H34N4O2.